The lowest BCUT2D eigenvalue weighted by Gasteiger charge is -2.19. The fourth-order valence-corrected chi connectivity index (χ4v) is 4.22. The molecule has 0 atom stereocenters. The first-order chi connectivity index (χ1) is 14.8. The molecule has 30 heavy (non-hydrogen) atoms. The van der Waals surface area contributed by atoms with Crippen LogP contribution < -0.4 is 10.6 Å². The molecule has 0 spiro atoms. The standard InChI is InChI=1S/C26H33N3O/c27-19-22(20-28-25-18-12-14-21-13-10-11-17-24(21)25)26(30)29-23-15-8-6-4-2-1-3-5-7-9-16-23/h10-14,17-18,20,23,28H,1-9,15-16H2,(H,29,30)/b22-20-. The number of nitriles is 1. The molecular weight excluding hydrogens is 370 g/mol. The monoisotopic (exact) mass is 403 g/mol. The Kier molecular flexibility index (Phi) is 8.78. The number of hydrogen-bond donors (Lipinski definition) is 2. The summed E-state index contributed by atoms with van der Waals surface area (Å²) in [7, 11) is 0. The molecule has 0 radical (unpaired) electrons. The van der Waals surface area contributed by atoms with E-state index in [2.05, 4.69) is 16.7 Å². The number of amides is 1. The SMILES string of the molecule is N#C/C(=C/Nc1cccc2ccccc12)C(=O)NC1CCCCCCCCCCC1. The van der Waals surface area contributed by atoms with Crippen molar-refractivity contribution in [2.75, 3.05) is 5.32 Å². The van der Waals surface area contributed by atoms with Crippen molar-refractivity contribution < 1.29 is 4.79 Å². The molecule has 1 fully saturated rings. The van der Waals surface area contributed by atoms with Crippen molar-refractivity contribution in [2.24, 2.45) is 0 Å². The van der Waals surface area contributed by atoms with Crippen LogP contribution in [0.1, 0.15) is 70.6 Å². The Morgan fingerprint density at radius 3 is 2.13 bits per heavy atom. The van der Waals surface area contributed by atoms with Gasteiger partial charge >= 0.3 is 0 Å². The lowest BCUT2D eigenvalue weighted by Crippen LogP contribution is -2.35. The van der Waals surface area contributed by atoms with Crippen LogP contribution >= 0.6 is 0 Å². The zero-order chi connectivity index (χ0) is 21.0. The van der Waals surface area contributed by atoms with Gasteiger partial charge in [0.05, 0.1) is 0 Å². The first-order valence-electron chi connectivity index (χ1n) is 11.4. The third-order valence-electron chi connectivity index (χ3n) is 5.97. The summed E-state index contributed by atoms with van der Waals surface area (Å²) in [6.07, 6.45) is 14.9. The quantitative estimate of drug-likeness (QED) is 0.455. The molecule has 2 aromatic rings. The fraction of sp³-hybridized carbons (Fsp3) is 0.462. The van der Waals surface area contributed by atoms with Crippen molar-refractivity contribution in [1.29, 1.82) is 5.26 Å². The normalized spacial score (nSPS) is 17.4. The molecule has 1 aliphatic rings. The van der Waals surface area contributed by atoms with Gasteiger partial charge in [-0.3, -0.25) is 4.79 Å². The third kappa shape index (κ3) is 6.62. The third-order valence-corrected chi connectivity index (χ3v) is 5.97. The van der Waals surface area contributed by atoms with E-state index >= 15 is 0 Å². The van der Waals surface area contributed by atoms with Crippen LogP contribution in [-0.2, 0) is 4.79 Å². The minimum atomic E-state index is -0.276. The largest absolute Gasteiger partial charge is 0.360 e. The summed E-state index contributed by atoms with van der Waals surface area (Å²) in [5, 5.41) is 18.0. The van der Waals surface area contributed by atoms with Crippen LogP contribution in [0.5, 0.6) is 0 Å². The second-order valence-electron chi connectivity index (χ2n) is 8.27. The summed E-state index contributed by atoms with van der Waals surface area (Å²) in [5.41, 5.74) is 1.01. The molecule has 1 aliphatic carbocycles. The van der Waals surface area contributed by atoms with Gasteiger partial charge in [0.2, 0.25) is 0 Å². The number of carbonyl (C=O) groups excluding carboxylic acids is 1. The Labute approximate surface area is 180 Å². The zero-order valence-corrected chi connectivity index (χ0v) is 17.8. The van der Waals surface area contributed by atoms with E-state index in [1.54, 1.807) is 0 Å². The molecule has 3 rings (SSSR count). The van der Waals surface area contributed by atoms with Crippen molar-refractivity contribution in [3.05, 3.63) is 54.2 Å². The van der Waals surface area contributed by atoms with Gasteiger partial charge in [-0.05, 0) is 24.3 Å². The van der Waals surface area contributed by atoms with Crippen molar-refractivity contribution in [3.8, 4) is 6.07 Å². The Balaban J connectivity index is 1.63. The molecule has 0 aliphatic heterocycles. The molecule has 0 bridgehead atoms. The van der Waals surface area contributed by atoms with Crippen molar-refractivity contribution >= 4 is 22.4 Å². The lowest BCUT2D eigenvalue weighted by molar-refractivity contribution is -0.117. The number of fused-ring (bicyclic) bond motifs is 1. The van der Waals surface area contributed by atoms with Crippen LogP contribution in [0.2, 0.25) is 0 Å². The molecular formula is C26H33N3O. The average Bonchev–Trinajstić information content (AvgIpc) is 2.76. The number of hydrogen-bond acceptors (Lipinski definition) is 3. The Bertz CT molecular complexity index is 879. The van der Waals surface area contributed by atoms with E-state index in [1.807, 2.05) is 42.5 Å². The Hall–Kier alpha value is -2.80. The van der Waals surface area contributed by atoms with E-state index in [4.69, 9.17) is 0 Å². The Morgan fingerprint density at radius 2 is 1.47 bits per heavy atom. The highest BCUT2D eigenvalue weighted by Gasteiger charge is 2.16. The predicted octanol–water partition coefficient (Wildman–Crippen LogP) is 6.45. The molecule has 2 N–H and O–H groups in total. The minimum Gasteiger partial charge on any atom is -0.360 e. The maximum Gasteiger partial charge on any atom is 0.263 e. The number of rotatable bonds is 4. The molecule has 4 nitrogen and oxygen atoms in total. The lowest BCUT2D eigenvalue weighted by atomic mass is 9.98. The van der Waals surface area contributed by atoms with E-state index in [9.17, 15) is 10.1 Å². The molecule has 158 valence electrons. The highest BCUT2D eigenvalue weighted by atomic mass is 16.1. The molecule has 1 saturated carbocycles. The van der Waals surface area contributed by atoms with Crippen LogP contribution in [-0.4, -0.2) is 11.9 Å². The highest BCUT2D eigenvalue weighted by Crippen LogP contribution is 2.23. The predicted molar refractivity (Wildman–Crippen MR) is 124 cm³/mol. The second kappa shape index (κ2) is 12.0. The van der Waals surface area contributed by atoms with Crippen LogP contribution in [0.4, 0.5) is 5.69 Å². The van der Waals surface area contributed by atoms with Gasteiger partial charge in [-0.2, -0.15) is 5.26 Å². The first-order valence-corrected chi connectivity index (χ1v) is 11.4. The summed E-state index contributed by atoms with van der Waals surface area (Å²) in [4.78, 5) is 12.8. The topological polar surface area (TPSA) is 64.9 Å². The molecule has 0 unspecified atom stereocenters. The second-order valence-corrected chi connectivity index (χ2v) is 8.27. The molecule has 2 aromatic carbocycles. The van der Waals surface area contributed by atoms with E-state index in [1.165, 1.54) is 51.1 Å². The molecule has 4 heteroatoms. The van der Waals surface area contributed by atoms with Gasteiger partial charge in [0.1, 0.15) is 11.6 Å². The number of nitrogens with one attached hydrogen (secondary N) is 2. The number of carbonyl (C=O) groups is 1. The van der Waals surface area contributed by atoms with Gasteiger partial charge in [-0.25, -0.2) is 0 Å². The van der Waals surface area contributed by atoms with Gasteiger partial charge in [-0.1, -0.05) is 94.2 Å². The number of nitrogens with zero attached hydrogens (tertiary/aromatic N) is 1. The van der Waals surface area contributed by atoms with Gasteiger partial charge in [0.25, 0.3) is 5.91 Å². The van der Waals surface area contributed by atoms with E-state index in [0.29, 0.717) is 0 Å². The van der Waals surface area contributed by atoms with Crippen LogP contribution in [0, 0.1) is 11.3 Å². The van der Waals surface area contributed by atoms with Crippen molar-refractivity contribution in [1.82, 2.24) is 5.32 Å². The van der Waals surface area contributed by atoms with Gasteiger partial charge < -0.3 is 10.6 Å². The van der Waals surface area contributed by atoms with Gasteiger partial charge in [0, 0.05) is 23.3 Å². The van der Waals surface area contributed by atoms with Crippen LogP contribution in [0.25, 0.3) is 10.8 Å². The molecule has 0 aromatic heterocycles. The van der Waals surface area contributed by atoms with Crippen molar-refractivity contribution in [3.63, 3.8) is 0 Å². The first kappa shape index (κ1) is 21.9. The minimum absolute atomic E-state index is 0.119. The molecule has 0 saturated heterocycles. The van der Waals surface area contributed by atoms with Crippen molar-refractivity contribution in [2.45, 2.75) is 76.7 Å². The zero-order valence-electron chi connectivity index (χ0n) is 17.8. The van der Waals surface area contributed by atoms with Gasteiger partial charge in [0.15, 0.2) is 0 Å². The maximum atomic E-state index is 12.8. The summed E-state index contributed by atoms with van der Waals surface area (Å²) in [6, 6.07) is 16.3. The fourth-order valence-electron chi connectivity index (χ4n) is 4.22. The average molecular weight is 404 g/mol. The molecule has 0 heterocycles. The van der Waals surface area contributed by atoms with E-state index in [-0.39, 0.29) is 17.5 Å². The summed E-state index contributed by atoms with van der Waals surface area (Å²) in [6.45, 7) is 0. The van der Waals surface area contributed by atoms with Crippen LogP contribution in [0.3, 0.4) is 0 Å². The summed E-state index contributed by atoms with van der Waals surface area (Å²) in [5.74, 6) is -0.276. The molecule has 1 amide bonds. The number of benzene rings is 2. The maximum absolute atomic E-state index is 12.8. The van der Waals surface area contributed by atoms with Gasteiger partial charge in [-0.15, -0.1) is 0 Å². The number of anilines is 1. The van der Waals surface area contributed by atoms with E-state index < -0.39 is 0 Å². The Morgan fingerprint density at radius 1 is 0.867 bits per heavy atom. The van der Waals surface area contributed by atoms with E-state index in [0.717, 1.165) is 42.1 Å². The smallest absolute Gasteiger partial charge is 0.263 e. The summed E-state index contributed by atoms with van der Waals surface area (Å²) < 4.78 is 0. The van der Waals surface area contributed by atoms with Crippen LogP contribution in [0.15, 0.2) is 54.2 Å². The summed E-state index contributed by atoms with van der Waals surface area (Å²) >= 11 is 0. The highest BCUT2D eigenvalue weighted by molar-refractivity contribution is 5.99.